The van der Waals surface area contributed by atoms with Crippen LogP contribution in [-0.4, -0.2) is 39.5 Å². The van der Waals surface area contributed by atoms with Gasteiger partial charge >= 0.3 is 7.82 Å². The van der Waals surface area contributed by atoms with Crippen LogP contribution in [0, 0.1) is 0 Å². The molecule has 0 spiro atoms. The van der Waals surface area contributed by atoms with Crippen LogP contribution >= 0.6 is 7.82 Å². The molecule has 1 heterocycles. The summed E-state index contributed by atoms with van der Waals surface area (Å²) in [7, 11) is -3.62. The molecule has 3 N–H and O–H groups in total. The SMILES string of the molecule is O=P1(O)OC2CCCC2O1.OC1CCCC1O. The van der Waals surface area contributed by atoms with Gasteiger partial charge in [0.05, 0.1) is 24.4 Å². The highest BCUT2D eigenvalue weighted by atomic mass is 31.2. The summed E-state index contributed by atoms with van der Waals surface area (Å²) >= 11 is 0. The number of aliphatic hydroxyl groups excluding tert-OH is 2. The van der Waals surface area contributed by atoms with Crippen LogP contribution in [0.15, 0.2) is 0 Å². The van der Waals surface area contributed by atoms with Crippen LogP contribution in [0.25, 0.3) is 0 Å². The summed E-state index contributed by atoms with van der Waals surface area (Å²) in [4.78, 5) is 8.81. The van der Waals surface area contributed by atoms with Crippen LogP contribution in [-0.2, 0) is 13.6 Å². The molecule has 0 radical (unpaired) electrons. The molecule has 0 amide bonds. The van der Waals surface area contributed by atoms with Gasteiger partial charge in [0, 0.05) is 0 Å². The Morgan fingerprint density at radius 3 is 1.65 bits per heavy atom. The van der Waals surface area contributed by atoms with Crippen molar-refractivity contribution in [1.82, 2.24) is 0 Å². The second-order valence-electron chi connectivity index (χ2n) is 4.75. The zero-order chi connectivity index (χ0) is 12.5. The van der Waals surface area contributed by atoms with Crippen molar-refractivity contribution in [2.45, 2.75) is 62.9 Å². The molecule has 17 heavy (non-hydrogen) atoms. The Balaban J connectivity index is 0.000000136. The van der Waals surface area contributed by atoms with Crippen molar-refractivity contribution in [3.05, 3.63) is 0 Å². The van der Waals surface area contributed by atoms with Gasteiger partial charge < -0.3 is 15.1 Å². The first kappa shape index (κ1) is 13.5. The van der Waals surface area contributed by atoms with E-state index in [-0.39, 0.29) is 12.2 Å². The molecule has 0 aromatic heterocycles. The quantitative estimate of drug-likeness (QED) is 0.565. The molecule has 7 heteroatoms. The van der Waals surface area contributed by atoms with Gasteiger partial charge in [-0.05, 0) is 38.5 Å². The van der Waals surface area contributed by atoms with Gasteiger partial charge in [-0.3, -0.25) is 9.05 Å². The summed E-state index contributed by atoms with van der Waals surface area (Å²) in [5.74, 6) is 0. The number of fused-ring (bicyclic) bond motifs is 1. The summed E-state index contributed by atoms with van der Waals surface area (Å²) in [5.41, 5.74) is 0. The zero-order valence-corrected chi connectivity index (χ0v) is 10.5. The summed E-state index contributed by atoms with van der Waals surface area (Å²) in [6.07, 6.45) is 4.19. The number of aliphatic hydroxyl groups is 2. The second kappa shape index (κ2) is 5.34. The molecule has 3 fully saturated rings. The minimum Gasteiger partial charge on any atom is -0.390 e. The maximum absolute atomic E-state index is 10.7. The van der Waals surface area contributed by atoms with E-state index in [2.05, 4.69) is 0 Å². The van der Waals surface area contributed by atoms with Crippen molar-refractivity contribution in [1.29, 1.82) is 0 Å². The van der Waals surface area contributed by atoms with Gasteiger partial charge in [0.15, 0.2) is 0 Å². The lowest BCUT2D eigenvalue weighted by atomic mass is 10.3. The minimum atomic E-state index is -3.62. The highest BCUT2D eigenvalue weighted by molar-refractivity contribution is 7.47. The average molecular weight is 266 g/mol. The Bertz CT molecular complexity index is 285. The van der Waals surface area contributed by atoms with Crippen molar-refractivity contribution >= 4 is 7.82 Å². The first-order valence-corrected chi connectivity index (χ1v) is 7.53. The van der Waals surface area contributed by atoms with E-state index >= 15 is 0 Å². The van der Waals surface area contributed by atoms with Crippen LogP contribution in [0.4, 0.5) is 0 Å². The molecular weight excluding hydrogens is 247 g/mol. The van der Waals surface area contributed by atoms with Crippen LogP contribution < -0.4 is 0 Å². The molecule has 2 aliphatic carbocycles. The molecule has 6 nitrogen and oxygen atoms in total. The number of rotatable bonds is 0. The molecule has 3 rings (SSSR count). The fraction of sp³-hybridized carbons (Fsp3) is 1.00. The maximum Gasteiger partial charge on any atom is 0.472 e. The minimum absolute atomic E-state index is 0.115. The predicted molar refractivity (Wildman–Crippen MR) is 59.3 cm³/mol. The van der Waals surface area contributed by atoms with E-state index in [4.69, 9.17) is 24.2 Å². The van der Waals surface area contributed by atoms with Crippen molar-refractivity contribution in [2.75, 3.05) is 0 Å². The first-order chi connectivity index (χ1) is 7.98. The van der Waals surface area contributed by atoms with E-state index in [1.807, 2.05) is 0 Å². The number of phosphoric acid groups is 1. The van der Waals surface area contributed by atoms with Gasteiger partial charge in [0.25, 0.3) is 0 Å². The van der Waals surface area contributed by atoms with Crippen LogP contribution in [0.1, 0.15) is 38.5 Å². The first-order valence-electron chi connectivity index (χ1n) is 6.04. The summed E-state index contributed by atoms with van der Waals surface area (Å²) in [6, 6.07) is 0. The van der Waals surface area contributed by atoms with Gasteiger partial charge in [-0.1, -0.05) is 0 Å². The second-order valence-corrected chi connectivity index (χ2v) is 6.11. The Morgan fingerprint density at radius 2 is 1.29 bits per heavy atom. The lowest BCUT2D eigenvalue weighted by Crippen LogP contribution is -2.17. The van der Waals surface area contributed by atoms with E-state index in [0.29, 0.717) is 0 Å². The van der Waals surface area contributed by atoms with Gasteiger partial charge in [-0.15, -0.1) is 0 Å². The Hall–Kier alpha value is 0.0300. The number of phosphoric ester groups is 1. The highest BCUT2D eigenvalue weighted by Crippen LogP contribution is 2.56. The molecule has 4 atom stereocenters. The van der Waals surface area contributed by atoms with E-state index in [1.165, 1.54) is 0 Å². The number of hydrogen-bond donors (Lipinski definition) is 3. The van der Waals surface area contributed by atoms with Crippen LogP contribution in [0.3, 0.4) is 0 Å². The Morgan fingerprint density at radius 1 is 0.882 bits per heavy atom. The van der Waals surface area contributed by atoms with Crippen molar-refractivity contribution in [3.63, 3.8) is 0 Å². The molecule has 0 aromatic rings. The lowest BCUT2D eigenvalue weighted by Gasteiger charge is -2.03. The third-order valence-electron chi connectivity index (χ3n) is 3.37. The standard InChI is InChI=1S/C5H9O4P.C5H10O2/c6-10(7)8-4-2-1-3-5(4)9-10;6-4-2-1-3-5(4)7/h4-5H,1-3H2,(H,6,7);4-7H,1-3H2. The third kappa shape index (κ3) is 3.50. The van der Waals surface area contributed by atoms with Crippen molar-refractivity contribution < 1.29 is 28.7 Å². The molecule has 100 valence electrons. The largest absolute Gasteiger partial charge is 0.472 e. The van der Waals surface area contributed by atoms with Gasteiger partial charge in [-0.2, -0.15) is 0 Å². The normalized spacial score (nSPS) is 48.6. The Kier molecular flexibility index (Phi) is 4.23. The average Bonchev–Trinajstić information content (AvgIpc) is 2.84. The predicted octanol–water partition coefficient (Wildman–Crippen LogP) is 0.947. The highest BCUT2D eigenvalue weighted by Gasteiger charge is 2.45. The van der Waals surface area contributed by atoms with Gasteiger partial charge in [0.1, 0.15) is 0 Å². The van der Waals surface area contributed by atoms with Gasteiger partial charge in [-0.25, -0.2) is 4.57 Å². The smallest absolute Gasteiger partial charge is 0.390 e. The van der Waals surface area contributed by atoms with E-state index in [0.717, 1.165) is 38.5 Å². The molecule has 4 unspecified atom stereocenters. The fourth-order valence-corrected chi connectivity index (χ4v) is 3.64. The summed E-state index contributed by atoms with van der Waals surface area (Å²) in [6.45, 7) is 0. The Labute approximate surface area is 100 Å². The molecule has 2 saturated carbocycles. The summed E-state index contributed by atoms with van der Waals surface area (Å²) < 4.78 is 20.3. The monoisotopic (exact) mass is 266 g/mol. The lowest BCUT2D eigenvalue weighted by molar-refractivity contribution is 0.0438. The van der Waals surface area contributed by atoms with Crippen molar-refractivity contribution in [2.24, 2.45) is 0 Å². The molecule has 0 aromatic carbocycles. The molecule has 3 aliphatic rings. The van der Waals surface area contributed by atoms with E-state index in [9.17, 15) is 4.57 Å². The zero-order valence-electron chi connectivity index (χ0n) is 9.57. The molecule has 1 aliphatic heterocycles. The van der Waals surface area contributed by atoms with Gasteiger partial charge in [0.2, 0.25) is 0 Å². The van der Waals surface area contributed by atoms with Crippen LogP contribution in [0.5, 0.6) is 0 Å². The molecular formula is C10H19O6P. The van der Waals surface area contributed by atoms with E-state index < -0.39 is 20.0 Å². The molecule has 1 saturated heterocycles. The van der Waals surface area contributed by atoms with E-state index in [1.54, 1.807) is 0 Å². The molecule has 0 bridgehead atoms. The topological polar surface area (TPSA) is 96.2 Å². The number of hydrogen-bond acceptors (Lipinski definition) is 5. The van der Waals surface area contributed by atoms with Crippen molar-refractivity contribution in [3.8, 4) is 0 Å². The van der Waals surface area contributed by atoms with Crippen LogP contribution in [0.2, 0.25) is 0 Å². The maximum atomic E-state index is 10.7. The summed E-state index contributed by atoms with van der Waals surface area (Å²) in [5, 5.41) is 17.5. The fourth-order valence-electron chi connectivity index (χ4n) is 2.42. The third-order valence-corrected chi connectivity index (χ3v) is 4.45.